The van der Waals surface area contributed by atoms with Gasteiger partial charge in [0.15, 0.2) is 0 Å². The molecule has 3 rings (SSSR count). The molecule has 2 aromatic carbocycles. The van der Waals surface area contributed by atoms with Gasteiger partial charge in [0.25, 0.3) is 0 Å². The van der Waals surface area contributed by atoms with Crippen LogP contribution in [0.5, 0.6) is 5.75 Å². The van der Waals surface area contributed by atoms with E-state index < -0.39 is 6.04 Å². The number of amides is 2. The Balaban J connectivity index is 1.57. The Labute approximate surface area is 202 Å². The van der Waals surface area contributed by atoms with Gasteiger partial charge in [0, 0.05) is 24.8 Å². The van der Waals surface area contributed by atoms with Crippen LogP contribution in [0.3, 0.4) is 0 Å². The monoisotopic (exact) mass is 467 g/mol. The van der Waals surface area contributed by atoms with E-state index >= 15 is 0 Å². The third kappa shape index (κ3) is 7.57. The van der Waals surface area contributed by atoms with Gasteiger partial charge in [-0.15, -0.1) is 0 Å². The van der Waals surface area contributed by atoms with E-state index in [1.54, 1.807) is 7.11 Å². The molecular weight excluding hydrogens is 430 g/mol. The lowest BCUT2D eigenvalue weighted by Crippen LogP contribution is -2.45. The van der Waals surface area contributed by atoms with Crippen LogP contribution in [0.25, 0.3) is 0 Å². The summed E-state index contributed by atoms with van der Waals surface area (Å²) in [7, 11) is 1.62. The minimum atomic E-state index is -0.416. The molecule has 1 heterocycles. The number of carbonyl (C=O) groups is 2. The number of anilines is 1. The number of rotatable bonds is 11. The van der Waals surface area contributed by atoms with Crippen molar-refractivity contribution in [1.29, 1.82) is 0 Å². The fourth-order valence-corrected chi connectivity index (χ4v) is 4.22. The van der Waals surface area contributed by atoms with Crippen molar-refractivity contribution in [3.05, 3.63) is 60.2 Å². The molecule has 1 atom stereocenters. The van der Waals surface area contributed by atoms with Gasteiger partial charge in [0.05, 0.1) is 13.2 Å². The molecule has 2 N–H and O–H groups in total. The first kappa shape index (κ1) is 25.7. The molecule has 2 amide bonds. The van der Waals surface area contributed by atoms with Crippen LogP contribution in [-0.4, -0.2) is 56.2 Å². The highest BCUT2D eigenvalue weighted by atomic mass is 16.5. The lowest BCUT2D eigenvalue weighted by atomic mass is 9.93. The van der Waals surface area contributed by atoms with Crippen molar-refractivity contribution in [3.8, 4) is 5.75 Å². The molecule has 0 aromatic heterocycles. The van der Waals surface area contributed by atoms with Crippen molar-refractivity contribution < 1.29 is 19.1 Å². The number of nitrogens with one attached hydrogen (secondary N) is 2. The maximum absolute atomic E-state index is 13.4. The number of hydrogen-bond acceptors (Lipinski definition) is 5. The molecule has 1 unspecified atom stereocenters. The zero-order chi connectivity index (χ0) is 24.3. The van der Waals surface area contributed by atoms with Crippen molar-refractivity contribution >= 4 is 17.5 Å². The third-order valence-electron chi connectivity index (χ3n) is 6.06. The van der Waals surface area contributed by atoms with Crippen LogP contribution in [-0.2, 0) is 14.3 Å². The SMILES string of the molecule is COc1ccc(NC(=O)C(c2ccccc2)N2CCC(C(=O)NCCCOC(C)C)CC2)cc1. The summed E-state index contributed by atoms with van der Waals surface area (Å²) in [5.41, 5.74) is 1.67. The van der Waals surface area contributed by atoms with Crippen molar-refractivity contribution in [2.75, 3.05) is 38.7 Å². The molecule has 7 heteroatoms. The second kappa shape index (κ2) is 13.1. The Bertz CT molecular complexity index is 894. The summed E-state index contributed by atoms with van der Waals surface area (Å²) in [5.74, 6) is 0.737. The van der Waals surface area contributed by atoms with E-state index in [4.69, 9.17) is 9.47 Å². The van der Waals surface area contributed by atoms with Crippen LogP contribution in [0.15, 0.2) is 54.6 Å². The highest BCUT2D eigenvalue weighted by Crippen LogP contribution is 2.29. The molecule has 0 bridgehead atoms. The van der Waals surface area contributed by atoms with Crippen molar-refractivity contribution in [1.82, 2.24) is 10.2 Å². The van der Waals surface area contributed by atoms with Gasteiger partial charge in [0.1, 0.15) is 11.8 Å². The van der Waals surface area contributed by atoms with Gasteiger partial charge < -0.3 is 20.1 Å². The smallest absolute Gasteiger partial charge is 0.246 e. The van der Waals surface area contributed by atoms with Crippen molar-refractivity contribution in [3.63, 3.8) is 0 Å². The number of benzene rings is 2. The predicted molar refractivity (Wildman–Crippen MR) is 134 cm³/mol. The predicted octanol–water partition coefficient (Wildman–Crippen LogP) is 4.02. The van der Waals surface area contributed by atoms with E-state index in [9.17, 15) is 9.59 Å². The van der Waals surface area contributed by atoms with Crippen molar-refractivity contribution in [2.24, 2.45) is 5.92 Å². The van der Waals surface area contributed by atoms with Crippen molar-refractivity contribution in [2.45, 2.75) is 45.3 Å². The molecule has 7 nitrogen and oxygen atoms in total. The first-order chi connectivity index (χ1) is 16.5. The van der Waals surface area contributed by atoms with E-state index in [2.05, 4.69) is 15.5 Å². The van der Waals surface area contributed by atoms with E-state index in [-0.39, 0.29) is 23.8 Å². The lowest BCUT2D eigenvalue weighted by molar-refractivity contribution is -0.127. The summed E-state index contributed by atoms with van der Waals surface area (Å²) < 4.78 is 10.7. The fourth-order valence-electron chi connectivity index (χ4n) is 4.22. The maximum Gasteiger partial charge on any atom is 0.246 e. The standard InChI is InChI=1S/C27H37N3O4/c1-20(2)34-19-7-16-28-26(31)22-14-17-30(18-15-22)25(21-8-5-4-6-9-21)27(32)29-23-10-12-24(33-3)13-11-23/h4-6,8-13,20,22,25H,7,14-19H2,1-3H3,(H,28,31)(H,29,32). The van der Waals surface area contributed by atoms with Gasteiger partial charge >= 0.3 is 0 Å². The number of methoxy groups -OCH3 is 1. The van der Waals surface area contributed by atoms with Crippen LogP contribution < -0.4 is 15.4 Å². The quantitative estimate of drug-likeness (QED) is 0.488. The second-order valence-electron chi connectivity index (χ2n) is 8.91. The third-order valence-corrected chi connectivity index (χ3v) is 6.06. The number of hydrogen-bond donors (Lipinski definition) is 2. The van der Waals surface area contributed by atoms with Crippen LogP contribution >= 0.6 is 0 Å². The molecule has 184 valence electrons. The molecule has 0 saturated carbocycles. The number of piperidine rings is 1. The second-order valence-corrected chi connectivity index (χ2v) is 8.91. The topological polar surface area (TPSA) is 79.9 Å². The first-order valence-corrected chi connectivity index (χ1v) is 12.1. The molecule has 1 aliphatic rings. The van der Waals surface area contributed by atoms with Gasteiger partial charge in [-0.3, -0.25) is 14.5 Å². The van der Waals surface area contributed by atoms with Gasteiger partial charge in [0.2, 0.25) is 11.8 Å². The van der Waals surface area contributed by atoms with Crippen LogP contribution in [0, 0.1) is 5.92 Å². The number of nitrogens with zero attached hydrogens (tertiary/aromatic N) is 1. The average Bonchev–Trinajstić information content (AvgIpc) is 2.85. The van der Waals surface area contributed by atoms with E-state index in [0.717, 1.165) is 36.3 Å². The van der Waals surface area contributed by atoms with Crippen LogP contribution in [0.1, 0.15) is 44.7 Å². The van der Waals surface area contributed by atoms with Gasteiger partial charge in [-0.1, -0.05) is 30.3 Å². The number of ether oxygens (including phenoxy) is 2. The number of carbonyl (C=O) groups excluding carboxylic acids is 2. The molecule has 34 heavy (non-hydrogen) atoms. The molecular formula is C27H37N3O4. The summed E-state index contributed by atoms with van der Waals surface area (Å²) in [6.45, 7) is 6.66. The maximum atomic E-state index is 13.4. The first-order valence-electron chi connectivity index (χ1n) is 12.1. The summed E-state index contributed by atoms with van der Waals surface area (Å²) in [6, 6.07) is 16.7. The zero-order valence-corrected chi connectivity index (χ0v) is 20.5. The summed E-state index contributed by atoms with van der Waals surface area (Å²) >= 11 is 0. The molecule has 2 aromatic rings. The Hall–Kier alpha value is -2.90. The average molecular weight is 468 g/mol. The van der Waals surface area contributed by atoms with E-state index in [1.165, 1.54) is 0 Å². The molecule has 0 spiro atoms. The minimum absolute atomic E-state index is 0.0247. The van der Waals surface area contributed by atoms with Crippen LogP contribution in [0.4, 0.5) is 5.69 Å². The summed E-state index contributed by atoms with van der Waals surface area (Å²) in [6.07, 6.45) is 2.48. The number of likely N-dealkylation sites (tertiary alicyclic amines) is 1. The Kier molecular flexibility index (Phi) is 9.91. The minimum Gasteiger partial charge on any atom is -0.497 e. The van der Waals surface area contributed by atoms with E-state index in [1.807, 2.05) is 68.4 Å². The Morgan fingerprint density at radius 2 is 1.71 bits per heavy atom. The highest BCUT2D eigenvalue weighted by molar-refractivity contribution is 5.95. The summed E-state index contributed by atoms with van der Waals surface area (Å²) in [5, 5.41) is 6.08. The Morgan fingerprint density at radius 3 is 2.32 bits per heavy atom. The van der Waals surface area contributed by atoms with Gasteiger partial charge in [-0.2, -0.15) is 0 Å². The zero-order valence-electron chi connectivity index (χ0n) is 20.5. The van der Waals surface area contributed by atoms with Gasteiger partial charge in [-0.05, 0) is 76.0 Å². The summed E-state index contributed by atoms with van der Waals surface area (Å²) in [4.78, 5) is 28.1. The molecule has 0 aliphatic carbocycles. The molecule has 1 aliphatic heterocycles. The van der Waals surface area contributed by atoms with E-state index in [0.29, 0.717) is 26.2 Å². The fraction of sp³-hybridized carbons (Fsp3) is 0.481. The molecule has 1 fully saturated rings. The van der Waals surface area contributed by atoms with Gasteiger partial charge in [-0.25, -0.2) is 0 Å². The molecule has 0 radical (unpaired) electrons. The molecule has 1 saturated heterocycles. The highest BCUT2D eigenvalue weighted by Gasteiger charge is 2.33. The largest absolute Gasteiger partial charge is 0.497 e. The van der Waals surface area contributed by atoms with Crippen LogP contribution in [0.2, 0.25) is 0 Å². The lowest BCUT2D eigenvalue weighted by Gasteiger charge is -2.36. The normalized spacial score (nSPS) is 15.6. The Morgan fingerprint density at radius 1 is 1.03 bits per heavy atom.